The molecule has 27 heavy (non-hydrogen) atoms. The van der Waals surface area contributed by atoms with E-state index in [9.17, 15) is 26.5 Å². The molecule has 0 amide bonds. The monoisotopic (exact) mass is 492 g/mol. The van der Waals surface area contributed by atoms with Crippen LogP contribution in [0.3, 0.4) is 0 Å². The van der Waals surface area contributed by atoms with Gasteiger partial charge in [0, 0.05) is 20.7 Å². The first-order valence-corrected chi connectivity index (χ1v) is 10.4. The van der Waals surface area contributed by atoms with Gasteiger partial charge in [0.25, 0.3) is 0 Å². The number of benzene rings is 2. The fourth-order valence-electron chi connectivity index (χ4n) is 1.95. The average molecular weight is 493 g/mol. The Morgan fingerprint density at radius 1 is 1.04 bits per heavy atom. The number of alkyl halides is 5. The highest BCUT2D eigenvalue weighted by atomic mass is 79.9. The molecule has 0 radical (unpaired) electrons. The molecule has 0 spiro atoms. The van der Waals surface area contributed by atoms with Gasteiger partial charge in [0.1, 0.15) is 5.75 Å². The van der Waals surface area contributed by atoms with E-state index in [1.165, 1.54) is 36.0 Å². The number of ether oxygens (including phenoxy) is 1. The minimum Gasteiger partial charge on any atom is -0.406 e. The van der Waals surface area contributed by atoms with Crippen LogP contribution in [0.15, 0.2) is 51.8 Å². The van der Waals surface area contributed by atoms with Gasteiger partial charge in [0.2, 0.25) is 0 Å². The number of hydrogen-bond donors (Lipinski definition) is 2. The van der Waals surface area contributed by atoms with E-state index in [0.717, 1.165) is 18.2 Å². The molecular formula is C15H11BrF5O4PS. The summed E-state index contributed by atoms with van der Waals surface area (Å²) < 4.78 is 78.4. The summed E-state index contributed by atoms with van der Waals surface area (Å²) in [6.07, 6.45) is -4.78. The Kier molecular flexibility index (Phi) is 6.63. The lowest BCUT2D eigenvalue weighted by molar-refractivity contribution is -0.274. The Labute approximate surface area is 163 Å². The standard InChI is InChI=1S/C15H11BrF5O4PS/c16-13-7-9(1-6-12(13)14(17,18)26(22,23)24)8-27-11-4-2-10(3-5-11)25-15(19,20)21/h1-7H,8H2,(H2,22,23,24). The maximum Gasteiger partial charge on any atom is 0.573 e. The maximum atomic E-state index is 13.8. The fourth-order valence-corrected chi connectivity index (χ4v) is 4.13. The molecule has 0 atom stereocenters. The summed E-state index contributed by atoms with van der Waals surface area (Å²) in [5, 5.41) is 0. The molecule has 0 saturated carbocycles. The molecule has 4 nitrogen and oxygen atoms in total. The first-order valence-electron chi connectivity index (χ1n) is 7.00. The van der Waals surface area contributed by atoms with Gasteiger partial charge in [-0.25, -0.2) is 0 Å². The van der Waals surface area contributed by atoms with Gasteiger partial charge < -0.3 is 14.5 Å². The minimum absolute atomic E-state index is 0.164. The third kappa shape index (κ3) is 5.92. The van der Waals surface area contributed by atoms with Crippen molar-refractivity contribution < 1.29 is 41.0 Å². The summed E-state index contributed by atoms with van der Waals surface area (Å²) in [7, 11) is -5.68. The molecule has 0 aliphatic heterocycles. The Morgan fingerprint density at radius 2 is 1.63 bits per heavy atom. The number of thioether (sulfide) groups is 1. The van der Waals surface area contributed by atoms with Gasteiger partial charge in [0.05, 0.1) is 0 Å². The quantitative estimate of drug-likeness (QED) is 0.300. The van der Waals surface area contributed by atoms with Crippen molar-refractivity contribution in [3.05, 3.63) is 58.1 Å². The van der Waals surface area contributed by atoms with Crippen LogP contribution in [0.1, 0.15) is 11.1 Å². The zero-order valence-corrected chi connectivity index (χ0v) is 16.4. The number of rotatable bonds is 6. The van der Waals surface area contributed by atoms with E-state index in [1.807, 2.05) is 0 Å². The van der Waals surface area contributed by atoms with Crippen LogP contribution in [-0.2, 0) is 16.0 Å². The topological polar surface area (TPSA) is 66.8 Å². The molecule has 2 aromatic rings. The predicted octanol–water partition coefficient (Wildman–Crippen LogP) is 5.87. The van der Waals surface area contributed by atoms with Gasteiger partial charge in [0.15, 0.2) is 0 Å². The van der Waals surface area contributed by atoms with Gasteiger partial charge in [-0.3, -0.25) is 4.57 Å². The van der Waals surface area contributed by atoms with Crippen molar-refractivity contribution in [1.29, 1.82) is 0 Å². The first-order chi connectivity index (χ1) is 12.3. The van der Waals surface area contributed by atoms with E-state index in [0.29, 0.717) is 16.2 Å². The largest absolute Gasteiger partial charge is 0.573 e. The van der Waals surface area contributed by atoms with Crippen LogP contribution in [0.4, 0.5) is 22.0 Å². The first kappa shape index (κ1) is 22.2. The number of hydrogen-bond acceptors (Lipinski definition) is 3. The van der Waals surface area contributed by atoms with Crippen molar-refractivity contribution in [2.75, 3.05) is 0 Å². The summed E-state index contributed by atoms with van der Waals surface area (Å²) in [6.45, 7) is 0. The van der Waals surface area contributed by atoms with E-state index >= 15 is 0 Å². The van der Waals surface area contributed by atoms with E-state index in [-0.39, 0.29) is 10.2 Å². The molecule has 2 N–H and O–H groups in total. The van der Waals surface area contributed by atoms with Crippen LogP contribution in [0.2, 0.25) is 0 Å². The van der Waals surface area contributed by atoms with Gasteiger partial charge in [-0.05, 0) is 35.9 Å². The van der Waals surface area contributed by atoms with Crippen LogP contribution in [0.25, 0.3) is 0 Å². The molecule has 0 fully saturated rings. The SMILES string of the molecule is O=P(O)(O)C(F)(F)c1ccc(CSc2ccc(OC(F)(F)F)cc2)cc1Br. The highest BCUT2D eigenvalue weighted by Gasteiger charge is 2.51. The second-order valence-corrected chi connectivity index (χ2v) is 8.76. The Morgan fingerprint density at radius 3 is 2.11 bits per heavy atom. The molecule has 0 aliphatic rings. The Hall–Kier alpha value is -1.13. The van der Waals surface area contributed by atoms with E-state index < -0.39 is 25.2 Å². The molecule has 0 aliphatic carbocycles. The lowest BCUT2D eigenvalue weighted by atomic mass is 10.1. The summed E-state index contributed by atoms with van der Waals surface area (Å²) >= 11 is 4.11. The van der Waals surface area contributed by atoms with Crippen LogP contribution in [0.5, 0.6) is 5.75 Å². The molecule has 0 bridgehead atoms. The minimum atomic E-state index is -5.68. The average Bonchev–Trinajstić information content (AvgIpc) is 2.51. The summed E-state index contributed by atoms with van der Waals surface area (Å²) in [5.74, 6) is -0.0709. The predicted molar refractivity (Wildman–Crippen MR) is 92.8 cm³/mol. The maximum absolute atomic E-state index is 13.8. The zero-order chi connectivity index (χ0) is 20.5. The van der Waals surface area contributed by atoms with Crippen molar-refractivity contribution >= 4 is 35.3 Å². The molecular weight excluding hydrogens is 482 g/mol. The molecule has 0 heterocycles. The highest BCUT2D eigenvalue weighted by Crippen LogP contribution is 2.60. The van der Waals surface area contributed by atoms with Gasteiger partial charge in [-0.1, -0.05) is 28.1 Å². The summed E-state index contributed by atoms with van der Waals surface area (Å²) in [4.78, 5) is 18.2. The molecule has 12 heteroatoms. The zero-order valence-electron chi connectivity index (χ0n) is 13.1. The normalized spacial score (nSPS) is 12.9. The molecule has 0 unspecified atom stereocenters. The molecule has 2 aromatic carbocycles. The molecule has 148 valence electrons. The smallest absolute Gasteiger partial charge is 0.406 e. The molecule has 0 aromatic heterocycles. The van der Waals surface area contributed by atoms with Crippen molar-refractivity contribution in [3.8, 4) is 5.75 Å². The van der Waals surface area contributed by atoms with Crippen molar-refractivity contribution in [2.45, 2.75) is 22.7 Å². The number of halogens is 6. The van der Waals surface area contributed by atoms with Crippen LogP contribution >= 0.6 is 35.3 Å². The third-order valence-corrected chi connectivity index (χ3v) is 5.90. The van der Waals surface area contributed by atoms with Crippen molar-refractivity contribution in [1.82, 2.24) is 0 Å². The third-order valence-electron chi connectivity index (χ3n) is 3.19. The van der Waals surface area contributed by atoms with Crippen LogP contribution in [0, 0.1) is 0 Å². The summed E-state index contributed by atoms with van der Waals surface area (Å²) in [6, 6.07) is 8.63. The Balaban J connectivity index is 2.07. The molecule has 2 rings (SSSR count). The van der Waals surface area contributed by atoms with E-state index in [4.69, 9.17) is 9.79 Å². The van der Waals surface area contributed by atoms with E-state index in [2.05, 4.69) is 20.7 Å². The van der Waals surface area contributed by atoms with Crippen molar-refractivity contribution in [3.63, 3.8) is 0 Å². The lowest BCUT2D eigenvalue weighted by Gasteiger charge is -2.19. The Bertz CT molecular complexity index is 854. The van der Waals surface area contributed by atoms with Crippen LogP contribution in [-0.4, -0.2) is 16.1 Å². The molecule has 0 saturated heterocycles. The van der Waals surface area contributed by atoms with E-state index in [1.54, 1.807) is 0 Å². The van der Waals surface area contributed by atoms with Gasteiger partial charge in [-0.15, -0.1) is 24.9 Å². The van der Waals surface area contributed by atoms with Gasteiger partial charge in [-0.2, -0.15) is 8.78 Å². The highest BCUT2D eigenvalue weighted by molar-refractivity contribution is 9.10. The van der Waals surface area contributed by atoms with Crippen molar-refractivity contribution in [2.24, 2.45) is 0 Å². The summed E-state index contributed by atoms with van der Waals surface area (Å²) in [5.41, 5.74) is -4.60. The second-order valence-electron chi connectivity index (χ2n) is 5.21. The lowest BCUT2D eigenvalue weighted by Crippen LogP contribution is -2.16. The van der Waals surface area contributed by atoms with Crippen LogP contribution < -0.4 is 4.74 Å². The second kappa shape index (κ2) is 8.08. The fraction of sp³-hybridized carbons (Fsp3) is 0.200. The van der Waals surface area contributed by atoms with Gasteiger partial charge >= 0.3 is 19.6 Å².